The summed E-state index contributed by atoms with van der Waals surface area (Å²) < 4.78 is 29.5. The Morgan fingerprint density at radius 2 is 2.19 bits per heavy atom. The molecule has 0 atom stereocenters. The number of hydrogen-bond donors (Lipinski definition) is 2. The molecule has 3 N–H and O–H groups in total. The van der Waals surface area contributed by atoms with Crippen molar-refractivity contribution in [2.75, 3.05) is 0 Å². The van der Waals surface area contributed by atoms with Gasteiger partial charge in [-0.3, -0.25) is 0 Å². The fourth-order valence-corrected chi connectivity index (χ4v) is 3.79. The van der Waals surface area contributed by atoms with Crippen LogP contribution in [0.2, 0.25) is 0 Å². The zero-order valence-corrected chi connectivity index (χ0v) is 13.9. The van der Waals surface area contributed by atoms with Gasteiger partial charge in [-0.25, -0.2) is 13.1 Å². The van der Waals surface area contributed by atoms with E-state index < -0.39 is 10.0 Å². The largest absolute Gasteiger partial charge is 0.326 e. The van der Waals surface area contributed by atoms with Gasteiger partial charge in [-0.15, -0.1) is 10.2 Å². The average Bonchev–Trinajstić information content (AvgIpc) is 2.93. The maximum atomic E-state index is 12.4. The fraction of sp³-hybridized carbons (Fsp3) is 0.333. The third-order valence-electron chi connectivity index (χ3n) is 2.98. The van der Waals surface area contributed by atoms with Crippen molar-refractivity contribution < 1.29 is 8.42 Å². The Bertz CT molecular complexity index is 729. The van der Waals surface area contributed by atoms with Gasteiger partial charge in [-0.1, -0.05) is 6.07 Å². The number of rotatable bonds is 6. The molecule has 0 radical (unpaired) electrons. The van der Waals surface area contributed by atoms with E-state index in [9.17, 15) is 8.42 Å². The van der Waals surface area contributed by atoms with Gasteiger partial charge in [0, 0.05) is 17.6 Å². The number of nitrogens with two attached hydrogens (primary N) is 1. The molecule has 114 valence electrons. The summed E-state index contributed by atoms with van der Waals surface area (Å²) in [7, 11) is -3.66. The Labute approximate surface area is 131 Å². The first kappa shape index (κ1) is 16.1. The van der Waals surface area contributed by atoms with Gasteiger partial charge < -0.3 is 10.3 Å². The lowest BCUT2D eigenvalue weighted by atomic mass is 10.2. The molecule has 0 spiro atoms. The van der Waals surface area contributed by atoms with E-state index in [0.717, 1.165) is 5.56 Å². The van der Waals surface area contributed by atoms with Crippen LogP contribution < -0.4 is 10.5 Å². The van der Waals surface area contributed by atoms with Gasteiger partial charge in [0.1, 0.15) is 12.2 Å². The number of hydrogen-bond acceptors (Lipinski definition) is 5. The van der Waals surface area contributed by atoms with E-state index in [4.69, 9.17) is 5.73 Å². The molecule has 0 saturated carbocycles. The summed E-state index contributed by atoms with van der Waals surface area (Å²) in [6, 6.07) is 5.00. The maximum Gasteiger partial charge on any atom is 0.242 e. The van der Waals surface area contributed by atoms with Gasteiger partial charge in [0.2, 0.25) is 10.0 Å². The second-order valence-corrected chi connectivity index (χ2v) is 6.92. The van der Waals surface area contributed by atoms with Crippen LogP contribution in [0.4, 0.5) is 0 Å². The number of halogens is 1. The van der Waals surface area contributed by atoms with Crippen molar-refractivity contribution in [2.45, 2.75) is 31.5 Å². The van der Waals surface area contributed by atoms with E-state index in [1.165, 1.54) is 0 Å². The predicted octanol–water partition coefficient (Wildman–Crippen LogP) is 0.998. The van der Waals surface area contributed by atoms with Crippen molar-refractivity contribution in [3.8, 4) is 0 Å². The molecule has 0 aliphatic heterocycles. The summed E-state index contributed by atoms with van der Waals surface area (Å²) in [6.45, 7) is 2.97. The van der Waals surface area contributed by atoms with Crippen LogP contribution in [0.15, 0.2) is 33.9 Å². The summed E-state index contributed by atoms with van der Waals surface area (Å²) in [5.74, 6) is 0.562. The number of sulfonamides is 1. The summed E-state index contributed by atoms with van der Waals surface area (Å²) >= 11 is 3.25. The first-order valence-electron chi connectivity index (χ1n) is 6.32. The average molecular weight is 374 g/mol. The minimum atomic E-state index is -3.66. The third-order valence-corrected chi connectivity index (χ3v) is 5.37. The minimum Gasteiger partial charge on any atom is -0.326 e. The van der Waals surface area contributed by atoms with Gasteiger partial charge in [-0.2, -0.15) is 0 Å². The second kappa shape index (κ2) is 6.65. The van der Waals surface area contributed by atoms with Crippen molar-refractivity contribution in [3.05, 3.63) is 40.4 Å². The van der Waals surface area contributed by atoms with Crippen molar-refractivity contribution in [1.82, 2.24) is 19.5 Å². The van der Waals surface area contributed by atoms with Crippen LogP contribution in [0.1, 0.15) is 18.3 Å². The third kappa shape index (κ3) is 3.67. The van der Waals surface area contributed by atoms with Gasteiger partial charge in [0.15, 0.2) is 0 Å². The Hall–Kier alpha value is -1.29. The molecule has 0 saturated heterocycles. The number of aromatic nitrogens is 3. The van der Waals surface area contributed by atoms with Crippen LogP contribution in [0.3, 0.4) is 0 Å². The highest BCUT2D eigenvalue weighted by atomic mass is 79.9. The van der Waals surface area contributed by atoms with E-state index in [1.54, 1.807) is 29.1 Å². The van der Waals surface area contributed by atoms with Gasteiger partial charge >= 0.3 is 0 Å². The first-order valence-corrected chi connectivity index (χ1v) is 8.60. The van der Waals surface area contributed by atoms with Crippen molar-refractivity contribution >= 4 is 26.0 Å². The quantitative estimate of drug-likeness (QED) is 0.785. The molecule has 7 nitrogen and oxygen atoms in total. The van der Waals surface area contributed by atoms with Gasteiger partial charge in [0.25, 0.3) is 0 Å². The molecule has 0 bridgehead atoms. The SMILES string of the molecule is CCn1cnnc1CNS(=O)(=O)c1cc(CN)ccc1Br. The number of nitrogens with zero attached hydrogens (tertiary/aromatic N) is 3. The monoisotopic (exact) mass is 373 g/mol. The molecule has 1 aromatic heterocycles. The second-order valence-electron chi connectivity index (χ2n) is 4.33. The van der Waals surface area contributed by atoms with Crippen LogP contribution in [-0.4, -0.2) is 23.2 Å². The van der Waals surface area contributed by atoms with Crippen molar-refractivity contribution in [2.24, 2.45) is 5.73 Å². The lowest BCUT2D eigenvalue weighted by molar-refractivity contribution is 0.574. The normalized spacial score (nSPS) is 11.8. The van der Waals surface area contributed by atoms with E-state index in [-0.39, 0.29) is 18.0 Å². The van der Waals surface area contributed by atoms with E-state index in [0.29, 0.717) is 16.8 Å². The summed E-state index contributed by atoms with van der Waals surface area (Å²) in [5, 5.41) is 7.66. The minimum absolute atomic E-state index is 0.0788. The molecule has 0 amide bonds. The number of nitrogens with one attached hydrogen (secondary N) is 1. The van der Waals surface area contributed by atoms with Crippen molar-refractivity contribution in [3.63, 3.8) is 0 Å². The van der Waals surface area contributed by atoms with Crippen LogP contribution in [-0.2, 0) is 29.7 Å². The standard InChI is InChI=1S/C12H16BrN5O2S/c1-2-18-8-15-17-12(18)7-16-21(19,20)11-5-9(6-14)3-4-10(11)13/h3-5,8,16H,2,6-7,14H2,1H3. The summed E-state index contributed by atoms with van der Waals surface area (Å²) in [6.07, 6.45) is 1.56. The molecule has 1 heterocycles. The highest BCUT2D eigenvalue weighted by Gasteiger charge is 2.19. The van der Waals surface area contributed by atoms with E-state index in [1.807, 2.05) is 6.92 Å². The number of aryl methyl sites for hydroxylation is 1. The zero-order valence-electron chi connectivity index (χ0n) is 11.5. The molecule has 0 fully saturated rings. The Kier molecular flexibility index (Phi) is 5.09. The lowest BCUT2D eigenvalue weighted by Crippen LogP contribution is -2.25. The first-order chi connectivity index (χ1) is 9.97. The lowest BCUT2D eigenvalue weighted by Gasteiger charge is -2.10. The van der Waals surface area contributed by atoms with Crippen LogP contribution >= 0.6 is 15.9 Å². The highest BCUT2D eigenvalue weighted by molar-refractivity contribution is 9.10. The molecule has 2 rings (SSSR count). The number of benzene rings is 1. The van der Waals surface area contributed by atoms with Gasteiger partial charge in [-0.05, 0) is 40.5 Å². The zero-order chi connectivity index (χ0) is 15.5. The van der Waals surface area contributed by atoms with E-state index >= 15 is 0 Å². The van der Waals surface area contributed by atoms with Crippen LogP contribution in [0.25, 0.3) is 0 Å². The van der Waals surface area contributed by atoms with Crippen LogP contribution in [0.5, 0.6) is 0 Å². The van der Waals surface area contributed by atoms with Crippen molar-refractivity contribution in [1.29, 1.82) is 0 Å². The fourth-order valence-electron chi connectivity index (χ4n) is 1.80. The highest BCUT2D eigenvalue weighted by Crippen LogP contribution is 2.23. The molecular formula is C12H16BrN5O2S. The Morgan fingerprint density at radius 3 is 2.86 bits per heavy atom. The molecular weight excluding hydrogens is 358 g/mol. The predicted molar refractivity (Wildman–Crippen MR) is 81.8 cm³/mol. The summed E-state index contributed by atoms with van der Waals surface area (Å²) in [5.41, 5.74) is 6.29. The smallest absolute Gasteiger partial charge is 0.242 e. The molecule has 21 heavy (non-hydrogen) atoms. The van der Waals surface area contributed by atoms with E-state index in [2.05, 4.69) is 30.8 Å². The summed E-state index contributed by atoms with van der Waals surface area (Å²) in [4.78, 5) is 0.160. The Morgan fingerprint density at radius 1 is 1.43 bits per heavy atom. The van der Waals surface area contributed by atoms with Gasteiger partial charge in [0.05, 0.1) is 11.4 Å². The molecule has 9 heteroatoms. The molecule has 0 aliphatic rings. The topological polar surface area (TPSA) is 103 Å². The van der Waals surface area contributed by atoms with Crippen LogP contribution in [0, 0.1) is 0 Å². The molecule has 0 unspecified atom stereocenters. The maximum absolute atomic E-state index is 12.4. The molecule has 0 aliphatic carbocycles. The molecule has 2 aromatic rings. The molecule has 1 aromatic carbocycles. The Balaban J connectivity index is 2.23.